The molecule has 0 aliphatic heterocycles. The number of carbonyl (C=O) groups excluding carboxylic acids is 1. The number of aryl methyl sites for hydroxylation is 2. The van der Waals surface area contributed by atoms with Crippen LogP contribution in [0.3, 0.4) is 0 Å². The third kappa shape index (κ3) is 5.18. The predicted octanol–water partition coefficient (Wildman–Crippen LogP) is 6.21. The highest BCUT2D eigenvalue weighted by atomic mass is 79.9. The van der Waals surface area contributed by atoms with E-state index in [0.29, 0.717) is 17.9 Å². The first-order chi connectivity index (χ1) is 13.9. The van der Waals surface area contributed by atoms with Gasteiger partial charge in [0.15, 0.2) is 0 Å². The van der Waals surface area contributed by atoms with Gasteiger partial charge in [-0.3, -0.25) is 4.79 Å². The molecule has 3 aromatic carbocycles. The molecule has 0 unspecified atom stereocenters. The van der Waals surface area contributed by atoms with E-state index in [4.69, 9.17) is 9.47 Å². The second-order valence-corrected chi connectivity index (χ2v) is 7.90. The summed E-state index contributed by atoms with van der Waals surface area (Å²) >= 11 is 3.39. The Morgan fingerprint density at radius 2 is 1.69 bits per heavy atom. The molecule has 0 aliphatic rings. The van der Waals surface area contributed by atoms with Gasteiger partial charge >= 0.3 is 0 Å². The summed E-state index contributed by atoms with van der Waals surface area (Å²) in [6, 6.07) is 17.0. The maximum Gasteiger partial charge on any atom is 0.255 e. The molecule has 0 fully saturated rings. The Hall–Kier alpha value is -2.79. The summed E-state index contributed by atoms with van der Waals surface area (Å²) in [5, 5.41) is 2.91. The van der Waals surface area contributed by atoms with Crippen LogP contribution in [0.2, 0.25) is 0 Å². The summed E-state index contributed by atoms with van der Waals surface area (Å²) in [4.78, 5) is 12.7. The van der Waals surface area contributed by atoms with Gasteiger partial charge in [-0.15, -0.1) is 0 Å². The molecular formula is C24H24BrNO3. The van der Waals surface area contributed by atoms with Gasteiger partial charge in [0, 0.05) is 21.3 Å². The van der Waals surface area contributed by atoms with E-state index in [2.05, 4.69) is 34.2 Å². The zero-order chi connectivity index (χ0) is 21.0. The number of rotatable bonds is 6. The molecule has 4 nitrogen and oxygen atoms in total. The van der Waals surface area contributed by atoms with Crippen molar-refractivity contribution >= 4 is 27.5 Å². The average Bonchev–Trinajstić information content (AvgIpc) is 2.71. The van der Waals surface area contributed by atoms with Crippen molar-refractivity contribution in [2.45, 2.75) is 27.4 Å². The minimum absolute atomic E-state index is 0.182. The Balaban J connectivity index is 1.80. The predicted molar refractivity (Wildman–Crippen MR) is 120 cm³/mol. The fourth-order valence-corrected chi connectivity index (χ4v) is 3.34. The largest absolute Gasteiger partial charge is 0.496 e. The monoisotopic (exact) mass is 453 g/mol. The summed E-state index contributed by atoms with van der Waals surface area (Å²) in [7, 11) is 1.61. The van der Waals surface area contributed by atoms with E-state index in [1.165, 1.54) is 5.56 Å². The Bertz CT molecular complexity index is 1030. The van der Waals surface area contributed by atoms with Gasteiger partial charge in [-0.2, -0.15) is 0 Å². The molecule has 29 heavy (non-hydrogen) atoms. The molecule has 0 radical (unpaired) electrons. The molecule has 0 heterocycles. The molecule has 0 aliphatic carbocycles. The highest BCUT2D eigenvalue weighted by molar-refractivity contribution is 9.10. The molecule has 1 amide bonds. The van der Waals surface area contributed by atoms with Crippen molar-refractivity contribution in [2.75, 3.05) is 12.4 Å². The second kappa shape index (κ2) is 9.14. The maximum absolute atomic E-state index is 12.7. The number of ether oxygens (including phenoxy) is 2. The van der Waals surface area contributed by atoms with Crippen LogP contribution >= 0.6 is 15.9 Å². The van der Waals surface area contributed by atoms with Gasteiger partial charge in [-0.1, -0.05) is 22.0 Å². The molecule has 150 valence electrons. The van der Waals surface area contributed by atoms with Gasteiger partial charge < -0.3 is 14.8 Å². The van der Waals surface area contributed by atoms with E-state index >= 15 is 0 Å². The van der Waals surface area contributed by atoms with Crippen LogP contribution in [0.25, 0.3) is 0 Å². The first kappa shape index (κ1) is 20.9. The van der Waals surface area contributed by atoms with Crippen LogP contribution in [0.15, 0.2) is 59.1 Å². The van der Waals surface area contributed by atoms with Crippen molar-refractivity contribution in [3.05, 3.63) is 86.9 Å². The smallest absolute Gasteiger partial charge is 0.255 e. The third-order valence-corrected chi connectivity index (χ3v) is 5.32. The minimum Gasteiger partial charge on any atom is -0.496 e. The lowest BCUT2D eigenvalue weighted by Gasteiger charge is -2.15. The lowest BCUT2D eigenvalue weighted by atomic mass is 10.1. The molecule has 0 aromatic heterocycles. The van der Waals surface area contributed by atoms with Crippen LogP contribution in [0.5, 0.6) is 11.5 Å². The lowest BCUT2D eigenvalue weighted by Crippen LogP contribution is -2.13. The fourth-order valence-electron chi connectivity index (χ4n) is 3.08. The molecule has 3 aromatic rings. The van der Waals surface area contributed by atoms with Crippen LogP contribution in [0.4, 0.5) is 5.69 Å². The van der Waals surface area contributed by atoms with Crippen molar-refractivity contribution < 1.29 is 14.3 Å². The second-order valence-electron chi connectivity index (χ2n) is 6.98. The van der Waals surface area contributed by atoms with Gasteiger partial charge in [-0.25, -0.2) is 0 Å². The lowest BCUT2D eigenvalue weighted by molar-refractivity contribution is 0.102. The number of amides is 1. The normalized spacial score (nSPS) is 10.5. The average molecular weight is 454 g/mol. The molecule has 3 rings (SSSR count). The molecule has 1 N–H and O–H groups in total. The zero-order valence-electron chi connectivity index (χ0n) is 17.0. The van der Waals surface area contributed by atoms with Gasteiger partial charge in [0.1, 0.15) is 18.1 Å². The van der Waals surface area contributed by atoms with Gasteiger partial charge in [0.05, 0.1) is 7.11 Å². The number of hydrogen-bond donors (Lipinski definition) is 1. The van der Waals surface area contributed by atoms with Crippen LogP contribution in [-0.2, 0) is 6.61 Å². The summed E-state index contributed by atoms with van der Waals surface area (Å²) in [6.07, 6.45) is 0. The summed E-state index contributed by atoms with van der Waals surface area (Å²) in [6.45, 7) is 6.48. The Kier molecular flexibility index (Phi) is 6.60. The van der Waals surface area contributed by atoms with Crippen LogP contribution in [0.1, 0.15) is 32.6 Å². The number of hydrogen-bond acceptors (Lipinski definition) is 3. The SMILES string of the molecule is COc1ccc(C(=O)Nc2ccc(Br)cc2)cc1COc1cc(C)cc(C)c1C. The Morgan fingerprint density at radius 3 is 2.38 bits per heavy atom. The highest BCUT2D eigenvalue weighted by Crippen LogP contribution is 2.27. The van der Waals surface area contributed by atoms with Gasteiger partial charge in [-0.05, 0) is 86.0 Å². The van der Waals surface area contributed by atoms with E-state index < -0.39 is 0 Å². The van der Waals surface area contributed by atoms with Crippen molar-refractivity contribution in [2.24, 2.45) is 0 Å². The summed E-state index contributed by atoms with van der Waals surface area (Å²) < 4.78 is 12.5. The van der Waals surface area contributed by atoms with Crippen molar-refractivity contribution in [3.63, 3.8) is 0 Å². The molecule has 0 saturated carbocycles. The molecular weight excluding hydrogens is 430 g/mol. The van der Waals surface area contributed by atoms with E-state index in [0.717, 1.165) is 32.6 Å². The quantitative estimate of drug-likeness (QED) is 0.482. The number of benzene rings is 3. The summed E-state index contributed by atoms with van der Waals surface area (Å²) in [5.74, 6) is 1.35. The number of anilines is 1. The third-order valence-electron chi connectivity index (χ3n) is 4.79. The van der Waals surface area contributed by atoms with Crippen molar-refractivity contribution in [3.8, 4) is 11.5 Å². The Morgan fingerprint density at radius 1 is 0.966 bits per heavy atom. The molecule has 0 bridgehead atoms. The topological polar surface area (TPSA) is 47.6 Å². The standard InChI is InChI=1S/C24H24BrNO3/c1-15-11-16(2)17(3)23(12-15)29-14-19-13-18(5-10-22(19)28-4)24(27)26-21-8-6-20(25)7-9-21/h5-13H,14H2,1-4H3,(H,26,27). The van der Waals surface area contributed by atoms with Crippen LogP contribution in [-0.4, -0.2) is 13.0 Å². The number of carbonyl (C=O) groups is 1. The highest BCUT2D eigenvalue weighted by Gasteiger charge is 2.12. The van der Waals surface area contributed by atoms with Gasteiger partial charge in [0.2, 0.25) is 0 Å². The minimum atomic E-state index is -0.182. The first-order valence-corrected chi connectivity index (χ1v) is 10.1. The van der Waals surface area contributed by atoms with Crippen LogP contribution in [0, 0.1) is 20.8 Å². The fraction of sp³-hybridized carbons (Fsp3) is 0.208. The number of methoxy groups -OCH3 is 1. The maximum atomic E-state index is 12.7. The van der Waals surface area contributed by atoms with Gasteiger partial charge in [0.25, 0.3) is 5.91 Å². The number of halogens is 1. The zero-order valence-corrected chi connectivity index (χ0v) is 18.6. The van der Waals surface area contributed by atoms with Crippen molar-refractivity contribution in [1.29, 1.82) is 0 Å². The van der Waals surface area contributed by atoms with E-state index in [1.54, 1.807) is 19.2 Å². The molecule has 5 heteroatoms. The Labute approximate surface area is 180 Å². The molecule has 0 saturated heterocycles. The van der Waals surface area contributed by atoms with E-state index in [1.807, 2.05) is 50.2 Å². The van der Waals surface area contributed by atoms with E-state index in [9.17, 15) is 4.79 Å². The molecule has 0 spiro atoms. The molecule has 0 atom stereocenters. The van der Waals surface area contributed by atoms with Crippen molar-refractivity contribution in [1.82, 2.24) is 0 Å². The first-order valence-electron chi connectivity index (χ1n) is 9.32. The van der Waals surface area contributed by atoms with Crippen LogP contribution < -0.4 is 14.8 Å². The number of nitrogens with one attached hydrogen (secondary N) is 1. The summed E-state index contributed by atoms with van der Waals surface area (Å²) in [5.41, 5.74) is 5.54. The van der Waals surface area contributed by atoms with E-state index in [-0.39, 0.29) is 5.91 Å².